The molecule has 1 aliphatic rings. The molecule has 0 amide bonds. The third-order valence-corrected chi connectivity index (χ3v) is 5.18. The highest BCUT2D eigenvalue weighted by atomic mass is 16.5. The lowest BCUT2D eigenvalue weighted by molar-refractivity contribution is 0.192. The molecule has 2 heterocycles. The fraction of sp³-hybridized carbons (Fsp3) is 0.450. The van der Waals surface area contributed by atoms with E-state index in [0.717, 1.165) is 18.5 Å². The van der Waals surface area contributed by atoms with Gasteiger partial charge in [0.15, 0.2) is 0 Å². The Morgan fingerprint density at radius 1 is 1.17 bits per heavy atom. The van der Waals surface area contributed by atoms with Crippen molar-refractivity contribution in [2.45, 2.75) is 45.6 Å². The molecule has 1 atom stereocenters. The molecule has 4 heteroatoms. The number of nitrogens with zero attached hydrogens (tertiary/aromatic N) is 2. The first-order chi connectivity index (χ1) is 11.8. The van der Waals surface area contributed by atoms with Gasteiger partial charge in [0.1, 0.15) is 12.0 Å². The Bertz CT molecular complexity index is 813. The normalized spacial score (nSPS) is 17.0. The predicted molar refractivity (Wildman–Crippen MR) is 97.1 cm³/mol. The van der Waals surface area contributed by atoms with E-state index in [2.05, 4.69) is 47.2 Å². The summed E-state index contributed by atoms with van der Waals surface area (Å²) in [6.07, 6.45) is 8.49. The van der Waals surface area contributed by atoms with Gasteiger partial charge in [0.2, 0.25) is 0 Å². The van der Waals surface area contributed by atoms with Gasteiger partial charge < -0.3 is 9.51 Å². The van der Waals surface area contributed by atoms with Crippen LogP contribution in [0.3, 0.4) is 0 Å². The smallest absolute Gasteiger partial charge is 0.124 e. The molecule has 0 saturated carbocycles. The average Bonchev–Trinajstić information content (AvgIpc) is 3.26. The van der Waals surface area contributed by atoms with Crippen LogP contribution in [0.5, 0.6) is 0 Å². The highest BCUT2D eigenvalue weighted by Crippen LogP contribution is 2.37. The zero-order valence-electron chi connectivity index (χ0n) is 14.5. The Kier molecular flexibility index (Phi) is 4.15. The van der Waals surface area contributed by atoms with Crippen LogP contribution in [-0.2, 0) is 12.8 Å². The van der Waals surface area contributed by atoms with E-state index in [1.807, 2.05) is 6.07 Å². The first-order valence-corrected chi connectivity index (χ1v) is 9.08. The maximum absolute atomic E-state index is 5.09. The summed E-state index contributed by atoms with van der Waals surface area (Å²) in [7, 11) is 0. The van der Waals surface area contributed by atoms with E-state index in [9.17, 15) is 0 Å². The van der Waals surface area contributed by atoms with Gasteiger partial charge in [0.25, 0.3) is 0 Å². The predicted octanol–water partition coefficient (Wildman–Crippen LogP) is 4.41. The van der Waals surface area contributed by atoms with E-state index in [0.29, 0.717) is 6.04 Å². The molecular weight excluding hydrogens is 298 g/mol. The number of benzene rings is 1. The van der Waals surface area contributed by atoms with Crippen LogP contribution in [-0.4, -0.2) is 34.2 Å². The largest absolute Gasteiger partial charge is 0.364 e. The van der Waals surface area contributed by atoms with Crippen molar-refractivity contribution in [1.82, 2.24) is 15.0 Å². The molecule has 0 radical (unpaired) electrons. The number of aromatic amines is 1. The molecule has 0 fully saturated rings. The quantitative estimate of drug-likeness (QED) is 0.730. The van der Waals surface area contributed by atoms with Gasteiger partial charge in [-0.25, -0.2) is 0 Å². The van der Waals surface area contributed by atoms with Crippen LogP contribution < -0.4 is 0 Å². The Labute approximate surface area is 142 Å². The van der Waals surface area contributed by atoms with E-state index >= 15 is 0 Å². The van der Waals surface area contributed by atoms with Crippen molar-refractivity contribution in [3.63, 3.8) is 0 Å². The Hall–Kier alpha value is -2.07. The van der Waals surface area contributed by atoms with Gasteiger partial charge in [-0.1, -0.05) is 25.1 Å². The molecular formula is C20H25N3O. The molecule has 0 aliphatic heterocycles. The summed E-state index contributed by atoms with van der Waals surface area (Å²) >= 11 is 0. The summed E-state index contributed by atoms with van der Waals surface area (Å²) in [6, 6.07) is 6.89. The standard InChI is InChI=1S/C20H25N3O/c1-3-8-23(9-4-2)15-11-14-13-21-19-6-5-16(17(12-15)20(14)19)18-7-10-24-22-18/h5-7,10,13,15,21H,3-4,8-9,11-12H2,1-2H3/t15-/m0/s1. The lowest BCUT2D eigenvalue weighted by Crippen LogP contribution is -2.41. The van der Waals surface area contributed by atoms with Crippen LogP contribution in [0, 0.1) is 0 Å². The average molecular weight is 323 g/mol. The van der Waals surface area contributed by atoms with Crippen molar-refractivity contribution in [3.05, 3.63) is 41.8 Å². The number of H-pyrrole nitrogens is 1. The van der Waals surface area contributed by atoms with Crippen molar-refractivity contribution in [2.75, 3.05) is 13.1 Å². The minimum atomic E-state index is 0.574. The first-order valence-electron chi connectivity index (χ1n) is 9.08. The molecule has 1 aliphatic carbocycles. The second-order valence-electron chi connectivity index (χ2n) is 6.81. The summed E-state index contributed by atoms with van der Waals surface area (Å²) in [5.74, 6) is 0. The lowest BCUT2D eigenvalue weighted by Gasteiger charge is -2.34. The maximum Gasteiger partial charge on any atom is 0.124 e. The fourth-order valence-corrected chi connectivity index (χ4v) is 4.21. The van der Waals surface area contributed by atoms with Crippen LogP contribution in [0.15, 0.2) is 35.2 Å². The van der Waals surface area contributed by atoms with Gasteiger partial charge >= 0.3 is 0 Å². The summed E-state index contributed by atoms with van der Waals surface area (Å²) < 4.78 is 5.09. The van der Waals surface area contributed by atoms with Crippen molar-refractivity contribution in [3.8, 4) is 11.3 Å². The van der Waals surface area contributed by atoms with Gasteiger partial charge in [0.05, 0.1) is 0 Å². The second-order valence-corrected chi connectivity index (χ2v) is 6.81. The van der Waals surface area contributed by atoms with Gasteiger partial charge in [-0.2, -0.15) is 0 Å². The molecule has 3 aromatic rings. The number of hydrogen-bond donors (Lipinski definition) is 1. The first kappa shape index (κ1) is 15.5. The highest BCUT2D eigenvalue weighted by molar-refractivity contribution is 5.93. The van der Waals surface area contributed by atoms with E-state index in [-0.39, 0.29) is 0 Å². The third kappa shape index (κ3) is 2.55. The Morgan fingerprint density at radius 2 is 2.00 bits per heavy atom. The summed E-state index contributed by atoms with van der Waals surface area (Å²) in [5.41, 5.74) is 6.26. The molecule has 4 nitrogen and oxygen atoms in total. The minimum Gasteiger partial charge on any atom is -0.364 e. The number of hydrogen-bond acceptors (Lipinski definition) is 3. The topological polar surface area (TPSA) is 45.1 Å². The molecule has 0 spiro atoms. The van der Waals surface area contributed by atoms with Gasteiger partial charge in [-0.15, -0.1) is 0 Å². The molecule has 4 rings (SSSR count). The van der Waals surface area contributed by atoms with Gasteiger partial charge in [-0.05, 0) is 56.0 Å². The van der Waals surface area contributed by atoms with Crippen molar-refractivity contribution in [1.29, 1.82) is 0 Å². The summed E-state index contributed by atoms with van der Waals surface area (Å²) in [4.78, 5) is 6.12. The van der Waals surface area contributed by atoms with Crippen LogP contribution in [0.2, 0.25) is 0 Å². The molecule has 2 aromatic heterocycles. The monoisotopic (exact) mass is 323 g/mol. The zero-order chi connectivity index (χ0) is 16.5. The molecule has 0 saturated heterocycles. The SMILES string of the molecule is CCCN(CCC)[C@H]1Cc2c[nH]c3ccc(-c4ccon4)c(c23)C1. The van der Waals surface area contributed by atoms with Crippen LogP contribution in [0.4, 0.5) is 0 Å². The second kappa shape index (κ2) is 6.44. The minimum absolute atomic E-state index is 0.574. The van der Waals surface area contributed by atoms with Crippen LogP contribution in [0.1, 0.15) is 37.8 Å². The Morgan fingerprint density at radius 3 is 2.71 bits per heavy atom. The van der Waals surface area contributed by atoms with Crippen molar-refractivity contribution >= 4 is 10.9 Å². The molecule has 0 unspecified atom stereocenters. The van der Waals surface area contributed by atoms with E-state index in [4.69, 9.17) is 4.52 Å². The fourth-order valence-electron chi connectivity index (χ4n) is 4.21. The van der Waals surface area contributed by atoms with Crippen molar-refractivity contribution in [2.24, 2.45) is 0 Å². The molecule has 24 heavy (non-hydrogen) atoms. The molecule has 1 aromatic carbocycles. The maximum atomic E-state index is 5.09. The summed E-state index contributed by atoms with van der Waals surface area (Å²) in [6.45, 7) is 6.89. The van der Waals surface area contributed by atoms with E-state index in [1.54, 1.807) is 6.26 Å². The molecule has 1 N–H and O–H groups in total. The zero-order valence-corrected chi connectivity index (χ0v) is 14.5. The van der Waals surface area contributed by atoms with Crippen molar-refractivity contribution < 1.29 is 4.52 Å². The van der Waals surface area contributed by atoms with Gasteiger partial charge in [0, 0.05) is 34.8 Å². The highest BCUT2D eigenvalue weighted by Gasteiger charge is 2.28. The number of rotatable bonds is 6. The number of aromatic nitrogens is 2. The Balaban J connectivity index is 1.78. The van der Waals surface area contributed by atoms with Gasteiger partial charge in [-0.3, -0.25) is 4.90 Å². The summed E-state index contributed by atoms with van der Waals surface area (Å²) in [5, 5.41) is 5.59. The molecule has 126 valence electrons. The third-order valence-electron chi connectivity index (χ3n) is 5.18. The van der Waals surface area contributed by atoms with E-state index < -0.39 is 0 Å². The molecule has 0 bridgehead atoms. The lowest BCUT2D eigenvalue weighted by atomic mass is 9.84. The van der Waals surface area contributed by atoms with E-state index in [1.165, 1.54) is 53.5 Å². The van der Waals surface area contributed by atoms with Crippen LogP contribution in [0.25, 0.3) is 22.2 Å². The van der Waals surface area contributed by atoms with Crippen LogP contribution >= 0.6 is 0 Å². The number of nitrogens with one attached hydrogen (secondary N) is 1.